The monoisotopic (exact) mass is 328 g/mol. The van der Waals surface area contributed by atoms with Crippen LogP contribution in [0.2, 0.25) is 0 Å². The highest BCUT2D eigenvalue weighted by atomic mass is 16.5. The molecule has 0 aromatic carbocycles. The predicted molar refractivity (Wildman–Crippen MR) is 91.0 cm³/mol. The lowest BCUT2D eigenvalue weighted by Crippen LogP contribution is -2.49. The average molecular weight is 328 g/mol. The van der Waals surface area contributed by atoms with Crippen LogP contribution in [0.4, 0.5) is 0 Å². The number of methoxy groups -OCH3 is 1. The molecule has 2 heterocycles. The van der Waals surface area contributed by atoms with Crippen molar-refractivity contribution >= 4 is 5.96 Å². The molecule has 2 aliphatic rings. The number of rotatable bonds is 7. The van der Waals surface area contributed by atoms with Crippen molar-refractivity contribution in [1.29, 1.82) is 0 Å². The highest BCUT2D eigenvalue weighted by Gasteiger charge is 2.26. The van der Waals surface area contributed by atoms with Crippen LogP contribution in [-0.4, -0.2) is 102 Å². The normalized spacial score (nSPS) is 26.7. The fraction of sp³-hybridized carbons (Fsp3) is 0.938. The van der Waals surface area contributed by atoms with Gasteiger partial charge in [-0.1, -0.05) is 0 Å². The number of hydrogen-bond acceptors (Lipinski definition) is 5. The maximum absolute atomic E-state index is 5.79. The largest absolute Gasteiger partial charge is 0.382 e. The molecule has 2 saturated heterocycles. The number of ether oxygens (including phenoxy) is 3. The van der Waals surface area contributed by atoms with Gasteiger partial charge >= 0.3 is 0 Å². The van der Waals surface area contributed by atoms with E-state index >= 15 is 0 Å². The Balaban J connectivity index is 1.67. The van der Waals surface area contributed by atoms with Gasteiger partial charge in [0.15, 0.2) is 5.96 Å². The van der Waals surface area contributed by atoms with E-state index in [1.54, 1.807) is 7.11 Å². The molecule has 0 spiro atoms. The molecule has 0 saturated carbocycles. The Labute approximate surface area is 140 Å². The molecule has 2 unspecified atom stereocenters. The van der Waals surface area contributed by atoms with Gasteiger partial charge in [-0.25, -0.2) is 0 Å². The van der Waals surface area contributed by atoms with Gasteiger partial charge < -0.3 is 29.3 Å². The first kappa shape index (κ1) is 18.4. The second-order valence-corrected chi connectivity index (χ2v) is 6.35. The summed E-state index contributed by atoms with van der Waals surface area (Å²) in [5.41, 5.74) is 0. The van der Waals surface area contributed by atoms with Crippen LogP contribution >= 0.6 is 0 Å². The zero-order valence-corrected chi connectivity index (χ0v) is 14.8. The lowest BCUT2D eigenvalue weighted by atomic mass is 10.1. The minimum Gasteiger partial charge on any atom is -0.382 e. The standard InChI is InChI=1S/C16H32N4O3/c1-17-16(18-10-15-12-19(2)6-7-23-15)20-5-4-14(11-20)13-22-9-8-21-3/h14-15H,4-13H2,1-3H3,(H,17,18). The first-order chi connectivity index (χ1) is 11.2. The molecule has 1 N–H and O–H groups in total. The lowest BCUT2D eigenvalue weighted by molar-refractivity contribution is -0.0163. The summed E-state index contributed by atoms with van der Waals surface area (Å²) >= 11 is 0. The van der Waals surface area contributed by atoms with Crippen LogP contribution in [0.1, 0.15) is 6.42 Å². The van der Waals surface area contributed by atoms with Crippen LogP contribution in [0.5, 0.6) is 0 Å². The topological polar surface area (TPSA) is 58.6 Å². The summed E-state index contributed by atoms with van der Waals surface area (Å²) in [6.07, 6.45) is 1.39. The summed E-state index contributed by atoms with van der Waals surface area (Å²) in [4.78, 5) is 9.04. The number of guanidine groups is 1. The fourth-order valence-electron chi connectivity index (χ4n) is 3.08. The minimum absolute atomic E-state index is 0.237. The molecule has 2 fully saturated rings. The van der Waals surface area contributed by atoms with Gasteiger partial charge in [-0.15, -0.1) is 0 Å². The van der Waals surface area contributed by atoms with Crippen molar-refractivity contribution in [1.82, 2.24) is 15.1 Å². The third kappa shape index (κ3) is 6.25. The Bertz CT molecular complexity index is 367. The van der Waals surface area contributed by atoms with Crippen LogP contribution in [-0.2, 0) is 14.2 Å². The van der Waals surface area contributed by atoms with Gasteiger partial charge in [-0.2, -0.15) is 0 Å². The molecule has 0 amide bonds. The van der Waals surface area contributed by atoms with Gasteiger partial charge in [0.05, 0.1) is 32.5 Å². The van der Waals surface area contributed by atoms with Gasteiger partial charge in [-0.3, -0.25) is 4.99 Å². The molecule has 0 aromatic rings. The Morgan fingerprint density at radius 1 is 1.30 bits per heavy atom. The van der Waals surface area contributed by atoms with Crippen molar-refractivity contribution in [2.24, 2.45) is 10.9 Å². The Hall–Kier alpha value is -0.890. The van der Waals surface area contributed by atoms with Gasteiger partial charge in [0.2, 0.25) is 0 Å². The molecule has 2 aliphatic heterocycles. The van der Waals surface area contributed by atoms with Crippen molar-refractivity contribution in [3.63, 3.8) is 0 Å². The summed E-state index contributed by atoms with van der Waals surface area (Å²) in [7, 11) is 5.68. The number of likely N-dealkylation sites (N-methyl/N-ethyl adjacent to an activating group) is 1. The predicted octanol–water partition coefficient (Wildman–Crippen LogP) is -0.123. The number of aliphatic imine (C=N–C) groups is 1. The third-order valence-electron chi connectivity index (χ3n) is 4.41. The molecule has 7 nitrogen and oxygen atoms in total. The third-order valence-corrected chi connectivity index (χ3v) is 4.41. The van der Waals surface area contributed by atoms with Gasteiger partial charge in [0.1, 0.15) is 0 Å². The molecule has 0 aliphatic carbocycles. The first-order valence-electron chi connectivity index (χ1n) is 8.55. The Kier molecular flexibility index (Phi) is 8.08. The van der Waals surface area contributed by atoms with Crippen LogP contribution in [0.15, 0.2) is 4.99 Å². The van der Waals surface area contributed by atoms with Crippen LogP contribution < -0.4 is 5.32 Å². The van der Waals surface area contributed by atoms with E-state index in [0.29, 0.717) is 19.1 Å². The fourth-order valence-corrected chi connectivity index (χ4v) is 3.08. The van der Waals surface area contributed by atoms with Gasteiger partial charge in [0, 0.05) is 52.8 Å². The van der Waals surface area contributed by atoms with Crippen LogP contribution in [0, 0.1) is 5.92 Å². The molecule has 0 bridgehead atoms. The summed E-state index contributed by atoms with van der Waals surface area (Å²) in [6, 6.07) is 0. The summed E-state index contributed by atoms with van der Waals surface area (Å²) in [5.74, 6) is 1.55. The number of nitrogens with one attached hydrogen (secondary N) is 1. The number of morpholine rings is 1. The highest BCUT2D eigenvalue weighted by Crippen LogP contribution is 2.16. The molecular weight excluding hydrogens is 296 g/mol. The van der Waals surface area contributed by atoms with E-state index in [4.69, 9.17) is 14.2 Å². The zero-order valence-electron chi connectivity index (χ0n) is 14.8. The highest BCUT2D eigenvalue weighted by molar-refractivity contribution is 5.80. The van der Waals surface area contributed by atoms with E-state index in [1.165, 1.54) is 0 Å². The molecule has 134 valence electrons. The van der Waals surface area contributed by atoms with Crippen LogP contribution in [0.25, 0.3) is 0 Å². The minimum atomic E-state index is 0.237. The van der Waals surface area contributed by atoms with Crippen molar-refractivity contribution in [3.8, 4) is 0 Å². The quantitative estimate of drug-likeness (QED) is 0.399. The van der Waals surface area contributed by atoms with E-state index in [0.717, 1.165) is 58.3 Å². The van der Waals surface area contributed by atoms with Crippen LogP contribution in [0.3, 0.4) is 0 Å². The average Bonchev–Trinajstić information content (AvgIpc) is 3.01. The lowest BCUT2D eigenvalue weighted by Gasteiger charge is -2.31. The van der Waals surface area contributed by atoms with Crippen molar-refractivity contribution in [3.05, 3.63) is 0 Å². The molecule has 23 heavy (non-hydrogen) atoms. The zero-order chi connectivity index (χ0) is 16.5. The Morgan fingerprint density at radius 3 is 2.91 bits per heavy atom. The molecule has 0 radical (unpaired) electrons. The summed E-state index contributed by atoms with van der Waals surface area (Å²) in [5, 5.41) is 3.46. The molecule has 0 aromatic heterocycles. The first-order valence-corrected chi connectivity index (χ1v) is 8.55. The van der Waals surface area contributed by atoms with Crippen molar-refractivity contribution in [2.45, 2.75) is 12.5 Å². The smallest absolute Gasteiger partial charge is 0.193 e. The second kappa shape index (κ2) is 10.1. The number of nitrogens with zero attached hydrogens (tertiary/aromatic N) is 3. The number of likely N-dealkylation sites (tertiary alicyclic amines) is 1. The van der Waals surface area contributed by atoms with E-state index in [-0.39, 0.29) is 6.10 Å². The van der Waals surface area contributed by atoms with Gasteiger partial charge in [0.25, 0.3) is 0 Å². The summed E-state index contributed by atoms with van der Waals surface area (Å²) < 4.78 is 16.4. The summed E-state index contributed by atoms with van der Waals surface area (Å²) in [6.45, 7) is 7.77. The number of hydrogen-bond donors (Lipinski definition) is 1. The molecular formula is C16H32N4O3. The van der Waals surface area contributed by atoms with E-state index < -0.39 is 0 Å². The molecule has 2 atom stereocenters. The van der Waals surface area contributed by atoms with Crippen molar-refractivity contribution < 1.29 is 14.2 Å². The SMILES string of the molecule is CN=C(NCC1CN(C)CCO1)N1CCC(COCCOC)C1. The van der Waals surface area contributed by atoms with E-state index in [2.05, 4.69) is 27.2 Å². The molecule has 7 heteroatoms. The second-order valence-electron chi connectivity index (χ2n) is 6.35. The van der Waals surface area contributed by atoms with Gasteiger partial charge in [-0.05, 0) is 13.5 Å². The van der Waals surface area contributed by atoms with Crippen molar-refractivity contribution in [2.75, 3.05) is 80.4 Å². The molecule has 2 rings (SSSR count). The van der Waals surface area contributed by atoms with E-state index in [9.17, 15) is 0 Å². The van der Waals surface area contributed by atoms with E-state index in [1.807, 2.05) is 7.05 Å². The maximum Gasteiger partial charge on any atom is 0.193 e. The Morgan fingerprint density at radius 2 is 2.17 bits per heavy atom. The maximum atomic E-state index is 5.79.